The summed E-state index contributed by atoms with van der Waals surface area (Å²) in [6, 6.07) is 18.2. The van der Waals surface area contributed by atoms with Crippen LogP contribution in [0.1, 0.15) is 22.4 Å². The molecule has 0 atom stereocenters. The highest BCUT2D eigenvalue weighted by Crippen LogP contribution is 2.32. The summed E-state index contributed by atoms with van der Waals surface area (Å²) in [6.07, 6.45) is 2.95. The summed E-state index contributed by atoms with van der Waals surface area (Å²) in [5.41, 5.74) is 6.80. The Morgan fingerprint density at radius 2 is 1.71 bits per heavy atom. The van der Waals surface area contributed by atoms with Crippen molar-refractivity contribution in [2.24, 2.45) is 0 Å². The third-order valence-electron chi connectivity index (χ3n) is 6.18. The summed E-state index contributed by atoms with van der Waals surface area (Å²) < 4.78 is 28.1. The molecule has 0 saturated heterocycles. The lowest BCUT2D eigenvalue weighted by atomic mass is 10.1. The number of benzene rings is 3. The molecule has 5 rings (SSSR count). The molecule has 2 heterocycles. The predicted molar refractivity (Wildman–Crippen MR) is 128 cm³/mol. The zero-order valence-electron chi connectivity index (χ0n) is 18.8. The lowest BCUT2D eigenvalue weighted by molar-refractivity contribution is -0.115. The van der Waals surface area contributed by atoms with E-state index in [0.717, 1.165) is 53.4 Å². The van der Waals surface area contributed by atoms with Gasteiger partial charge in [0.05, 0.1) is 18.3 Å². The van der Waals surface area contributed by atoms with Crippen LogP contribution in [-0.2, 0) is 24.2 Å². The molecule has 1 aliphatic heterocycles. The number of hydrogen-bond donors (Lipinski definition) is 1. The number of carbonyl (C=O) groups excluding carboxylic acids is 1. The molecule has 3 aromatic carbocycles. The molecule has 5 nitrogen and oxygen atoms in total. The predicted octanol–water partition coefficient (Wildman–Crippen LogP) is 5.20. The number of anilines is 2. The quantitative estimate of drug-likeness (QED) is 0.432. The van der Waals surface area contributed by atoms with E-state index in [9.17, 15) is 13.6 Å². The molecule has 0 bridgehead atoms. The summed E-state index contributed by atoms with van der Waals surface area (Å²) in [7, 11) is 0. The van der Waals surface area contributed by atoms with Gasteiger partial charge >= 0.3 is 0 Å². The second kappa shape index (κ2) is 9.09. The normalized spacial score (nSPS) is 12.6. The van der Waals surface area contributed by atoms with E-state index in [1.54, 1.807) is 24.3 Å². The first-order chi connectivity index (χ1) is 16.5. The van der Waals surface area contributed by atoms with E-state index in [2.05, 4.69) is 15.3 Å². The van der Waals surface area contributed by atoms with Crippen LogP contribution in [-0.4, -0.2) is 22.2 Å². The van der Waals surface area contributed by atoms with E-state index < -0.39 is 0 Å². The van der Waals surface area contributed by atoms with E-state index in [1.807, 2.05) is 36.0 Å². The maximum absolute atomic E-state index is 13.3. The van der Waals surface area contributed by atoms with Crippen LogP contribution in [0.15, 0.2) is 72.9 Å². The molecule has 0 fully saturated rings. The van der Waals surface area contributed by atoms with Gasteiger partial charge in [-0.05, 0) is 79.1 Å². The number of aromatic nitrogens is 2. The smallest absolute Gasteiger partial charge is 0.228 e. The lowest BCUT2D eigenvalue weighted by Crippen LogP contribution is -2.20. The Labute approximate surface area is 196 Å². The van der Waals surface area contributed by atoms with Gasteiger partial charge in [0.2, 0.25) is 5.91 Å². The zero-order valence-corrected chi connectivity index (χ0v) is 18.8. The minimum absolute atomic E-state index is 0.134. The first kappa shape index (κ1) is 21.8. The standard InChI is InChI=1S/C27H24F2N4O/c1-18-21(16-30-33(18)25-9-6-23(29)7-10-25)17-32-13-12-20-15-24(8-11-26(20)32)31-27(34)14-19-2-4-22(28)5-3-19/h2-11,15-16H,12-14,17H2,1H3,(H,31,34). The molecule has 0 spiro atoms. The Kier molecular flexibility index (Phi) is 5.84. The molecule has 1 aliphatic rings. The molecule has 0 saturated carbocycles. The Balaban J connectivity index is 1.26. The minimum Gasteiger partial charge on any atom is -0.367 e. The van der Waals surface area contributed by atoms with E-state index in [-0.39, 0.29) is 24.0 Å². The summed E-state index contributed by atoms with van der Waals surface area (Å²) in [5, 5.41) is 7.44. The van der Waals surface area contributed by atoms with Crippen LogP contribution in [0.2, 0.25) is 0 Å². The number of nitrogens with zero attached hydrogens (tertiary/aromatic N) is 3. The van der Waals surface area contributed by atoms with Crippen LogP contribution in [0.3, 0.4) is 0 Å². The second-order valence-corrected chi connectivity index (χ2v) is 8.51. The SMILES string of the molecule is Cc1c(CN2CCc3cc(NC(=O)Cc4ccc(F)cc4)ccc32)cnn1-c1ccc(F)cc1. The fourth-order valence-corrected chi connectivity index (χ4v) is 4.35. The first-order valence-corrected chi connectivity index (χ1v) is 11.2. The van der Waals surface area contributed by atoms with Crippen LogP contribution < -0.4 is 10.2 Å². The average molecular weight is 459 g/mol. The number of amides is 1. The van der Waals surface area contributed by atoms with Crippen molar-refractivity contribution in [3.8, 4) is 5.69 Å². The first-order valence-electron chi connectivity index (χ1n) is 11.2. The molecule has 4 aromatic rings. The van der Waals surface area contributed by atoms with Crippen LogP contribution in [0.4, 0.5) is 20.2 Å². The van der Waals surface area contributed by atoms with Gasteiger partial charge in [0.1, 0.15) is 11.6 Å². The van der Waals surface area contributed by atoms with Crippen LogP contribution >= 0.6 is 0 Å². The van der Waals surface area contributed by atoms with Crippen LogP contribution in [0.25, 0.3) is 5.69 Å². The van der Waals surface area contributed by atoms with Gasteiger partial charge in [0, 0.05) is 35.7 Å². The minimum atomic E-state index is -0.315. The topological polar surface area (TPSA) is 50.2 Å². The molecule has 0 aliphatic carbocycles. The largest absolute Gasteiger partial charge is 0.367 e. The molecular formula is C27H24F2N4O. The summed E-state index contributed by atoms with van der Waals surface area (Å²) in [5.74, 6) is -0.718. The highest BCUT2D eigenvalue weighted by atomic mass is 19.1. The highest BCUT2D eigenvalue weighted by Gasteiger charge is 2.21. The zero-order chi connectivity index (χ0) is 23.7. The summed E-state index contributed by atoms with van der Waals surface area (Å²) in [4.78, 5) is 14.7. The van der Waals surface area contributed by atoms with Crippen molar-refractivity contribution in [3.63, 3.8) is 0 Å². The van der Waals surface area contributed by atoms with Gasteiger partial charge in [-0.3, -0.25) is 4.79 Å². The van der Waals surface area contributed by atoms with Crippen molar-refractivity contribution in [2.75, 3.05) is 16.8 Å². The lowest BCUT2D eigenvalue weighted by Gasteiger charge is -2.19. The number of nitrogens with one attached hydrogen (secondary N) is 1. The van der Waals surface area contributed by atoms with Crippen molar-refractivity contribution in [3.05, 3.63) is 107 Å². The molecule has 0 radical (unpaired) electrons. The fourth-order valence-electron chi connectivity index (χ4n) is 4.35. The highest BCUT2D eigenvalue weighted by molar-refractivity contribution is 5.92. The maximum atomic E-state index is 13.3. The molecule has 34 heavy (non-hydrogen) atoms. The number of fused-ring (bicyclic) bond motifs is 1. The van der Waals surface area contributed by atoms with Gasteiger partial charge in [-0.25, -0.2) is 13.5 Å². The molecular weight excluding hydrogens is 434 g/mol. The summed E-state index contributed by atoms with van der Waals surface area (Å²) in [6.45, 7) is 3.61. The van der Waals surface area contributed by atoms with Gasteiger partial charge < -0.3 is 10.2 Å². The second-order valence-electron chi connectivity index (χ2n) is 8.51. The van der Waals surface area contributed by atoms with Gasteiger partial charge in [0.25, 0.3) is 0 Å². The van der Waals surface area contributed by atoms with Crippen molar-refractivity contribution in [2.45, 2.75) is 26.3 Å². The van der Waals surface area contributed by atoms with Gasteiger partial charge in [-0.15, -0.1) is 0 Å². The van der Waals surface area contributed by atoms with E-state index in [1.165, 1.54) is 29.8 Å². The van der Waals surface area contributed by atoms with E-state index in [0.29, 0.717) is 0 Å². The number of hydrogen-bond acceptors (Lipinski definition) is 3. The fraction of sp³-hybridized carbons (Fsp3) is 0.185. The van der Waals surface area contributed by atoms with Gasteiger partial charge in [-0.2, -0.15) is 5.10 Å². The average Bonchev–Trinajstić information content (AvgIpc) is 3.39. The van der Waals surface area contributed by atoms with Crippen molar-refractivity contribution in [1.29, 1.82) is 0 Å². The molecule has 0 unspecified atom stereocenters. The van der Waals surface area contributed by atoms with E-state index >= 15 is 0 Å². The van der Waals surface area contributed by atoms with Gasteiger partial charge in [0.15, 0.2) is 0 Å². The number of rotatable bonds is 6. The number of carbonyl (C=O) groups is 1. The molecule has 172 valence electrons. The Morgan fingerprint density at radius 3 is 2.44 bits per heavy atom. The van der Waals surface area contributed by atoms with Crippen LogP contribution in [0, 0.1) is 18.6 Å². The number of halogens is 2. The molecule has 1 amide bonds. The monoisotopic (exact) mass is 458 g/mol. The van der Waals surface area contributed by atoms with Crippen molar-refractivity contribution in [1.82, 2.24) is 9.78 Å². The maximum Gasteiger partial charge on any atom is 0.228 e. The Bertz CT molecular complexity index is 1330. The molecule has 1 N–H and O–H groups in total. The van der Waals surface area contributed by atoms with Gasteiger partial charge in [-0.1, -0.05) is 12.1 Å². The third-order valence-corrected chi connectivity index (χ3v) is 6.18. The van der Waals surface area contributed by atoms with Crippen molar-refractivity contribution < 1.29 is 13.6 Å². The Hall–Kier alpha value is -4.00. The molecule has 7 heteroatoms. The Morgan fingerprint density at radius 1 is 1.00 bits per heavy atom. The van der Waals surface area contributed by atoms with Crippen molar-refractivity contribution >= 4 is 17.3 Å². The van der Waals surface area contributed by atoms with E-state index in [4.69, 9.17) is 0 Å². The third kappa shape index (κ3) is 4.55. The molecule has 1 aromatic heterocycles. The van der Waals surface area contributed by atoms with Crippen LogP contribution in [0.5, 0.6) is 0 Å². The summed E-state index contributed by atoms with van der Waals surface area (Å²) >= 11 is 0.